The molecule has 2 heterocycles. The highest BCUT2D eigenvalue weighted by Crippen LogP contribution is 2.29. The fraction of sp³-hybridized carbons (Fsp3) is 1.00. The van der Waals surface area contributed by atoms with E-state index < -0.39 is 5.67 Å². The standard InChI is InChI=1S/C8H14FNO.ClH/c9-8(5-10-6-8)3-7-1-2-11-4-7;/h7,10H,1-6H2;1H. The maximum Gasteiger partial charge on any atom is 0.136 e. The largest absolute Gasteiger partial charge is 0.381 e. The SMILES string of the molecule is Cl.FC1(CC2CCOC2)CNC1. The van der Waals surface area contributed by atoms with Crippen molar-refractivity contribution < 1.29 is 9.13 Å². The fourth-order valence-electron chi connectivity index (χ4n) is 1.80. The van der Waals surface area contributed by atoms with Crippen molar-refractivity contribution in [2.24, 2.45) is 5.92 Å². The molecule has 0 aromatic carbocycles. The number of rotatable bonds is 2. The Kier molecular flexibility index (Phi) is 3.32. The number of hydrogen-bond donors (Lipinski definition) is 1. The minimum absolute atomic E-state index is 0. The van der Waals surface area contributed by atoms with Gasteiger partial charge in [0.05, 0.1) is 0 Å². The van der Waals surface area contributed by atoms with Gasteiger partial charge in [0.15, 0.2) is 0 Å². The summed E-state index contributed by atoms with van der Waals surface area (Å²) in [5.41, 5.74) is -0.904. The molecule has 0 aliphatic carbocycles. The zero-order valence-electron chi connectivity index (χ0n) is 7.01. The van der Waals surface area contributed by atoms with Gasteiger partial charge in [0.2, 0.25) is 0 Å². The first-order valence-electron chi connectivity index (χ1n) is 4.26. The van der Waals surface area contributed by atoms with Crippen LogP contribution in [0.4, 0.5) is 4.39 Å². The van der Waals surface area contributed by atoms with Crippen molar-refractivity contribution in [3.63, 3.8) is 0 Å². The summed E-state index contributed by atoms with van der Waals surface area (Å²) in [6, 6.07) is 0. The third-order valence-corrected chi connectivity index (χ3v) is 2.56. The molecule has 0 amide bonds. The van der Waals surface area contributed by atoms with E-state index in [0.29, 0.717) is 25.4 Å². The second-order valence-corrected chi connectivity index (χ2v) is 3.69. The molecule has 2 fully saturated rings. The first-order valence-corrected chi connectivity index (χ1v) is 4.26. The van der Waals surface area contributed by atoms with Crippen LogP contribution >= 0.6 is 12.4 Å². The Bertz CT molecular complexity index is 146. The van der Waals surface area contributed by atoms with Gasteiger partial charge in [0.25, 0.3) is 0 Å². The molecular weight excluding hydrogens is 181 g/mol. The van der Waals surface area contributed by atoms with Gasteiger partial charge in [-0.15, -0.1) is 12.4 Å². The molecule has 1 N–H and O–H groups in total. The minimum Gasteiger partial charge on any atom is -0.381 e. The van der Waals surface area contributed by atoms with Gasteiger partial charge < -0.3 is 10.1 Å². The quantitative estimate of drug-likeness (QED) is 0.714. The Morgan fingerprint density at radius 2 is 2.25 bits per heavy atom. The highest BCUT2D eigenvalue weighted by molar-refractivity contribution is 5.85. The van der Waals surface area contributed by atoms with Gasteiger partial charge >= 0.3 is 0 Å². The molecule has 0 spiro atoms. The number of hydrogen-bond acceptors (Lipinski definition) is 2. The van der Waals surface area contributed by atoms with Crippen molar-refractivity contribution in [2.75, 3.05) is 26.3 Å². The summed E-state index contributed by atoms with van der Waals surface area (Å²) in [4.78, 5) is 0. The first kappa shape index (κ1) is 10.2. The average molecular weight is 196 g/mol. The summed E-state index contributed by atoms with van der Waals surface area (Å²) in [7, 11) is 0. The van der Waals surface area contributed by atoms with Crippen LogP contribution in [0.2, 0.25) is 0 Å². The Hall–Kier alpha value is 0.140. The summed E-state index contributed by atoms with van der Waals surface area (Å²) in [6.45, 7) is 2.69. The lowest BCUT2D eigenvalue weighted by Crippen LogP contribution is -2.57. The molecule has 72 valence electrons. The second kappa shape index (κ2) is 3.90. The lowest BCUT2D eigenvalue weighted by atomic mass is 9.87. The molecule has 2 aliphatic heterocycles. The lowest BCUT2D eigenvalue weighted by Gasteiger charge is -2.36. The molecule has 12 heavy (non-hydrogen) atoms. The Morgan fingerprint density at radius 1 is 1.50 bits per heavy atom. The first-order chi connectivity index (χ1) is 5.29. The highest BCUT2D eigenvalue weighted by atomic mass is 35.5. The van der Waals surface area contributed by atoms with Gasteiger partial charge in [0.1, 0.15) is 5.67 Å². The van der Waals surface area contributed by atoms with Crippen LogP contribution in [-0.2, 0) is 4.74 Å². The number of halogens is 2. The molecule has 2 nitrogen and oxygen atoms in total. The van der Waals surface area contributed by atoms with E-state index in [2.05, 4.69) is 5.32 Å². The van der Waals surface area contributed by atoms with Gasteiger partial charge in [0, 0.05) is 26.3 Å². The van der Waals surface area contributed by atoms with E-state index in [4.69, 9.17) is 4.74 Å². The van der Waals surface area contributed by atoms with Crippen LogP contribution < -0.4 is 5.32 Å². The van der Waals surface area contributed by atoms with Crippen molar-refractivity contribution in [3.8, 4) is 0 Å². The molecule has 0 bridgehead atoms. The molecular formula is C8H15ClFNO. The van der Waals surface area contributed by atoms with Crippen molar-refractivity contribution >= 4 is 12.4 Å². The third-order valence-electron chi connectivity index (χ3n) is 2.56. The number of nitrogens with one attached hydrogen (secondary N) is 1. The maximum atomic E-state index is 13.4. The van der Waals surface area contributed by atoms with Gasteiger partial charge in [-0.25, -0.2) is 4.39 Å². The van der Waals surface area contributed by atoms with Gasteiger partial charge in [-0.1, -0.05) is 0 Å². The van der Waals surface area contributed by atoms with E-state index in [1.54, 1.807) is 0 Å². The predicted octanol–water partition coefficient (Wildman–Crippen LogP) is 1.15. The van der Waals surface area contributed by atoms with Crippen LogP contribution in [0.1, 0.15) is 12.8 Å². The normalized spacial score (nSPS) is 32.2. The molecule has 0 saturated carbocycles. The molecule has 2 aliphatic rings. The van der Waals surface area contributed by atoms with Crippen molar-refractivity contribution in [2.45, 2.75) is 18.5 Å². The molecule has 0 radical (unpaired) electrons. The monoisotopic (exact) mass is 195 g/mol. The Balaban J connectivity index is 0.000000720. The van der Waals surface area contributed by atoms with E-state index in [0.717, 1.165) is 19.6 Å². The van der Waals surface area contributed by atoms with Crippen LogP contribution in [0.15, 0.2) is 0 Å². The summed E-state index contributed by atoms with van der Waals surface area (Å²) >= 11 is 0. The highest BCUT2D eigenvalue weighted by Gasteiger charge is 2.39. The molecule has 1 atom stereocenters. The van der Waals surface area contributed by atoms with Crippen LogP contribution in [0, 0.1) is 5.92 Å². The van der Waals surface area contributed by atoms with Crippen molar-refractivity contribution in [3.05, 3.63) is 0 Å². The summed E-state index contributed by atoms with van der Waals surface area (Å²) in [6.07, 6.45) is 1.74. The van der Waals surface area contributed by atoms with E-state index in [-0.39, 0.29) is 12.4 Å². The van der Waals surface area contributed by atoms with E-state index >= 15 is 0 Å². The Labute approximate surface area is 78.3 Å². The topological polar surface area (TPSA) is 21.3 Å². The van der Waals surface area contributed by atoms with Crippen LogP contribution in [0.3, 0.4) is 0 Å². The van der Waals surface area contributed by atoms with Crippen molar-refractivity contribution in [1.82, 2.24) is 5.32 Å². The van der Waals surface area contributed by atoms with Crippen LogP contribution in [0.25, 0.3) is 0 Å². The van der Waals surface area contributed by atoms with Crippen LogP contribution in [0.5, 0.6) is 0 Å². The second-order valence-electron chi connectivity index (χ2n) is 3.69. The zero-order chi connectivity index (χ0) is 7.73. The molecule has 2 saturated heterocycles. The summed E-state index contributed by atoms with van der Waals surface area (Å²) in [5.74, 6) is 0.474. The zero-order valence-corrected chi connectivity index (χ0v) is 7.83. The molecule has 2 rings (SSSR count). The average Bonchev–Trinajstić information content (AvgIpc) is 2.36. The number of ether oxygens (including phenoxy) is 1. The molecule has 0 aromatic rings. The molecule has 1 unspecified atom stereocenters. The minimum atomic E-state index is -0.904. The van der Waals surface area contributed by atoms with Gasteiger partial charge in [-0.3, -0.25) is 0 Å². The van der Waals surface area contributed by atoms with Crippen LogP contribution in [-0.4, -0.2) is 32.0 Å². The third kappa shape index (κ3) is 2.09. The molecule has 4 heteroatoms. The fourth-order valence-corrected chi connectivity index (χ4v) is 1.80. The van der Waals surface area contributed by atoms with Gasteiger partial charge in [-0.05, 0) is 18.8 Å². The van der Waals surface area contributed by atoms with Gasteiger partial charge in [-0.2, -0.15) is 0 Å². The maximum absolute atomic E-state index is 13.4. The summed E-state index contributed by atoms with van der Waals surface area (Å²) in [5, 5.41) is 2.96. The smallest absolute Gasteiger partial charge is 0.136 e. The summed E-state index contributed by atoms with van der Waals surface area (Å²) < 4.78 is 18.6. The van der Waals surface area contributed by atoms with E-state index in [9.17, 15) is 4.39 Å². The Morgan fingerprint density at radius 3 is 2.67 bits per heavy atom. The molecule has 0 aromatic heterocycles. The van der Waals surface area contributed by atoms with Crippen molar-refractivity contribution in [1.29, 1.82) is 0 Å². The van der Waals surface area contributed by atoms with E-state index in [1.165, 1.54) is 0 Å². The lowest BCUT2D eigenvalue weighted by molar-refractivity contribution is 0.0569. The number of alkyl halides is 1. The van der Waals surface area contributed by atoms with E-state index in [1.807, 2.05) is 0 Å². The predicted molar refractivity (Wildman–Crippen MR) is 47.5 cm³/mol.